The second-order valence-electron chi connectivity index (χ2n) is 10.5. The third-order valence-electron chi connectivity index (χ3n) is 8.65. The molecule has 2 heteroatoms. The van der Waals surface area contributed by atoms with Gasteiger partial charge >= 0.3 is 0 Å². The standard InChI is InChI=1S/C33H47NS/c1-9-22-32(23-10-2)30-35(26-13-5,27-14-6,28-15-7,29-16-8)33(24-11-3,34(32)25-12-4)31-20-18-17-19-21-31/h9-21H,1-8,22-30H2. The van der Waals surface area contributed by atoms with E-state index in [-0.39, 0.29) is 10.4 Å². The average Bonchev–Trinajstić information content (AvgIpc) is 2.98. The van der Waals surface area contributed by atoms with Gasteiger partial charge in [-0.05, 0) is 53.6 Å². The van der Waals surface area contributed by atoms with Gasteiger partial charge in [-0.1, -0.05) is 78.9 Å². The Balaban J connectivity index is 3.43. The fourth-order valence-corrected chi connectivity index (χ4v) is 18.7. The predicted molar refractivity (Wildman–Crippen MR) is 165 cm³/mol. The summed E-state index contributed by atoms with van der Waals surface area (Å²) in [5.74, 6) is 4.54. The summed E-state index contributed by atoms with van der Waals surface area (Å²) in [6.45, 7) is 35.1. The number of hydrogen-bond acceptors (Lipinski definition) is 1. The minimum absolute atomic E-state index is 0.198. The van der Waals surface area contributed by atoms with Crippen molar-refractivity contribution in [3.63, 3.8) is 0 Å². The smallest absolute Gasteiger partial charge is 0.0720 e. The van der Waals surface area contributed by atoms with Gasteiger partial charge in [-0.15, -0.1) is 52.6 Å². The SMILES string of the molecule is C=CCN1C(CC=C)(CC=C)CS(CC=C)(CC=C)(CC=C)(CC=C)C1(CC=C)c1ccccc1. The van der Waals surface area contributed by atoms with E-state index < -0.39 is 8.29 Å². The van der Waals surface area contributed by atoms with Gasteiger partial charge in [-0.25, -0.2) is 8.29 Å². The predicted octanol–water partition coefficient (Wildman–Crippen LogP) is 8.43. The van der Waals surface area contributed by atoms with Crippen LogP contribution in [0.15, 0.2) is 132 Å². The average molecular weight is 490 g/mol. The topological polar surface area (TPSA) is 3.24 Å². The Bertz CT molecular complexity index is 932. The monoisotopic (exact) mass is 489 g/mol. The molecule has 0 amide bonds. The number of benzene rings is 1. The fraction of sp³-hybridized carbons (Fsp3) is 0.333. The third-order valence-corrected chi connectivity index (χ3v) is 18.5. The van der Waals surface area contributed by atoms with Gasteiger partial charge in [0.2, 0.25) is 0 Å². The summed E-state index contributed by atoms with van der Waals surface area (Å²) in [5, 5.41) is 0. The van der Waals surface area contributed by atoms with E-state index in [0.29, 0.717) is 0 Å². The Morgan fingerprint density at radius 1 is 0.629 bits per heavy atom. The highest BCUT2D eigenvalue weighted by molar-refractivity contribution is 8.65. The van der Waals surface area contributed by atoms with Crippen LogP contribution in [-0.4, -0.2) is 45.7 Å². The first-order chi connectivity index (χ1) is 16.8. The first-order valence-corrected chi connectivity index (χ1v) is 15.8. The second kappa shape index (κ2) is 10.6. The zero-order valence-electron chi connectivity index (χ0n) is 21.9. The zero-order chi connectivity index (χ0) is 26.1. The Kier molecular flexibility index (Phi) is 8.69. The summed E-state index contributed by atoms with van der Waals surface area (Å²) in [5.41, 5.74) is 1.11. The molecular weight excluding hydrogens is 442 g/mol. The maximum Gasteiger partial charge on any atom is 0.0720 e. The lowest BCUT2D eigenvalue weighted by molar-refractivity contribution is 0.0715. The molecule has 0 N–H and O–H groups in total. The molecule has 1 aromatic carbocycles. The van der Waals surface area contributed by atoms with Gasteiger partial charge in [0.25, 0.3) is 0 Å². The molecule has 1 aromatic rings. The van der Waals surface area contributed by atoms with Crippen LogP contribution in [-0.2, 0) is 4.87 Å². The molecule has 0 bridgehead atoms. The summed E-state index contributed by atoms with van der Waals surface area (Å²) in [7, 11) is -3.35. The molecule has 190 valence electrons. The van der Waals surface area contributed by atoms with E-state index in [0.717, 1.165) is 54.6 Å². The molecule has 2 rings (SSSR count). The lowest BCUT2D eigenvalue weighted by Crippen LogP contribution is -2.63. The minimum Gasteiger partial charge on any atom is -0.276 e. The molecule has 0 radical (unpaired) electrons. The highest BCUT2D eigenvalue weighted by Crippen LogP contribution is 3.02. The van der Waals surface area contributed by atoms with E-state index in [1.807, 2.05) is 6.08 Å². The van der Waals surface area contributed by atoms with Gasteiger partial charge in [-0.2, -0.15) is 0 Å². The summed E-state index contributed by atoms with van der Waals surface area (Å²) < 4.78 is 0. The summed E-state index contributed by atoms with van der Waals surface area (Å²) in [6, 6.07) is 11.0. The van der Waals surface area contributed by atoms with Crippen molar-refractivity contribution in [1.82, 2.24) is 4.90 Å². The molecule has 35 heavy (non-hydrogen) atoms. The molecule has 1 atom stereocenters. The number of rotatable bonds is 17. The van der Waals surface area contributed by atoms with E-state index in [1.165, 1.54) is 5.56 Å². The quantitative estimate of drug-likeness (QED) is 0.198. The fourth-order valence-electron chi connectivity index (χ4n) is 8.05. The van der Waals surface area contributed by atoms with E-state index >= 15 is 0 Å². The largest absolute Gasteiger partial charge is 0.276 e. The van der Waals surface area contributed by atoms with Crippen LogP contribution < -0.4 is 0 Å². The molecular formula is C33H47NS. The Hall–Kier alpha value is -2.55. The maximum atomic E-state index is 4.36. The first kappa shape index (κ1) is 28.7. The molecule has 1 saturated heterocycles. The number of hydrogen-bond donors (Lipinski definition) is 0. The van der Waals surface area contributed by atoms with Crippen LogP contribution in [0.25, 0.3) is 0 Å². The summed E-state index contributed by atoms with van der Waals surface area (Å²) in [4.78, 5) is 2.38. The molecule has 1 heterocycles. The van der Waals surface area contributed by atoms with Gasteiger partial charge < -0.3 is 0 Å². The van der Waals surface area contributed by atoms with Gasteiger partial charge in [0.1, 0.15) is 0 Å². The van der Waals surface area contributed by atoms with Crippen molar-refractivity contribution in [2.24, 2.45) is 0 Å². The Morgan fingerprint density at radius 3 is 1.46 bits per heavy atom. The molecule has 1 fully saturated rings. The van der Waals surface area contributed by atoms with Gasteiger partial charge in [0.15, 0.2) is 0 Å². The van der Waals surface area contributed by atoms with Crippen LogP contribution in [0.5, 0.6) is 0 Å². The van der Waals surface area contributed by atoms with Crippen LogP contribution in [0.4, 0.5) is 0 Å². The van der Waals surface area contributed by atoms with Crippen LogP contribution >= 0.6 is 8.29 Å². The minimum atomic E-state index is -3.35. The lowest BCUT2D eigenvalue weighted by Gasteiger charge is -2.85. The number of nitrogens with zero attached hydrogens (tertiary/aromatic N) is 1. The Morgan fingerprint density at radius 2 is 1.09 bits per heavy atom. The zero-order valence-corrected chi connectivity index (χ0v) is 22.7. The molecule has 1 nitrogen and oxygen atoms in total. The molecule has 0 aromatic heterocycles. The van der Waals surface area contributed by atoms with Crippen LogP contribution in [0.2, 0.25) is 0 Å². The van der Waals surface area contributed by atoms with Crippen LogP contribution in [0.3, 0.4) is 0 Å². The van der Waals surface area contributed by atoms with Gasteiger partial charge in [0.05, 0.1) is 4.87 Å². The van der Waals surface area contributed by atoms with Crippen molar-refractivity contribution in [3.05, 3.63) is 137 Å². The van der Waals surface area contributed by atoms with Crippen molar-refractivity contribution in [2.45, 2.75) is 29.7 Å². The lowest BCUT2D eigenvalue weighted by atomic mass is 9.87. The van der Waals surface area contributed by atoms with E-state index in [4.69, 9.17) is 0 Å². The Labute approximate surface area is 215 Å². The molecule has 1 unspecified atom stereocenters. The van der Waals surface area contributed by atoms with E-state index in [9.17, 15) is 0 Å². The van der Waals surface area contributed by atoms with E-state index in [1.54, 1.807) is 0 Å². The van der Waals surface area contributed by atoms with Crippen molar-refractivity contribution < 1.29 is 0 Å². The molecule has 0 spiro atoms. The normalized spacial score (nSPS) is 25.4. The van der Waals surface area contributed by atoms with Crippen LogP contribution in [0, 0.1) is 0 Å². The van der Waals surface area contributed by atoms with Crippen molar-refractivity contribution in [2.75, 3.05) is 35.3 Å². The van der Waals surface area contributed by atoms with E-state index in [2.05, 4.69) is 130 Å². The van der Waals surface area contributed by atoms with Crippen molar-refractivity contribution in [1.29, 1.82) is 0 Å². The highest BCUT2D eigenvalue weighted by Gasteiger charge is 2.80. The van der Waals surface area contributed by atoms with Crippen molar-refractivity contribution >= 4 is 8.29 Å². The molecule has 1 aliphatic rings. The highest BCUT2D eigenvalue weighted by atomic mass is 32.4. The first-order valence-electron chi connectivity index (χ1n) is 12.5. The summed E-state index contributed by atoms with van der Waals surface area (Å²) in [6.07, 6.45) is 19.4. The van der Waals surface area contributed by atoms with Crippen LogP contribution in [0.1, 0.15) is 24.8 Å². The van der Waals surface area contributed by atoms with Gasteiger partial charge in [0, 0.05) is 12.1 Å². The molecule has 0 saturated carbocycles. The third kappa shape index (κ3) is 3.74. The maximum absolute atomic E-state index is 4.36. The summed E-state index contributed by atoms with van der Waals surface area (Å²) >= 11 is 0. The van der Waals surface area contributed by atoms with Gasteiger partial charge in [-0.3, -0.25) is 4.90 Å². The van der Waals surface area contributed by atoms with Crippen molar-refractivity contribution in [3.8, 4) is 0 Å². The molecule has 1 aliphatic heterocycles. The molecule has 0 aliphatic carbocycles. The second-order valence-corrected chi connectivity index (χ2v) is 18.3.